The molecular weight excluding hydrogens is 352 g/mol. The van der Waals surface area contributed by atoms with Crippen LogP contribution in [0, 0.1) is 0 Å². The number of esters is 1. The van der Waals surface area contributed by atoms with Gasteiger partial charge in [-0.1, -0.05) is 30.3 Å². The van der Waals surface area contributed by atoms with Crippen LogP contribution in [-0.2, 0) is 35.1 Å². The Morgan fingerprint density at radius 2 is 2.00 bits per heavy atom. The van der Waals surface area contributed by atoms with Crippen molar-refractivity contribution in [3.63, 3.8) is 0 Å². The van der Waals surface area contributed by atoms with Crippen molar-refractivity contribution < 1.29 is 33.6 Å². The van der Waals surface area contributed by atoms with E-state index < -0.39 is 36.4 Å². The van der Waals surface area contributed by atoms with Gasteiger partial charge < -0.3 is 28.8 Å². The highest BCUT2D eigenvalue weighted by atomic mass is 16.8. The van der Waals surface area contributed by atoms with Crippen LogP contribution in [0.15, 0.2) is 42.0 Å². The molecule has 3 rings (SSSR count). The summed E-state index contributed by atoms with van der Waals surface area (Å²) in [5.74, 6) is -1.33. The first-order valence-electron chi connectivity index (χ1n) is 9.08. The largest absolute Gasteiger partial charge is 0.463 e. The minimum absolute atomic E-state index is 0.249. The molecule has 1 aromatic rings. The van der Waals surface area contributed by atoms with Crippen LogP contribution in [0.2, 0.25) is 0 Å². The Morgan fingerprint density at radius 1 is 1.26 bits per heavy atom. The van der Waals surface area contributed by atoms with Crippen molar-refractivity contribution in [2.75, 3.05) is 13.2 Å². The summed E-state index contributed by atoms with van der Waals surface area (Å²) in [5, 5.41) is 9.78. The van der Waals surface area contributed by atoms with Crippen LogP contribution in [0.3, 0.4) is 0 Å². The molecule has 1 aromatic carbocycles. The zero-order valence-electron chi connectivity index (χ0n) is 15.8. The predicted molar refractivity (Wildman–Crippen MR) is 95.5 cm³/mol. The molecule has 148 valence electrons. The van der Waals surface area contributed by atoms with Crippen molar-refractivity contribution in [2.24, 2.45) is 0 Å². The molecule has 2 saturated heterocycles. The Kier molecular flexibility index (Phi) is 6.29. The van der Waals surface area contributed by atoms with Gasteiger partial charge in [-0.15, -0.1) is 0 Å². The third-order valence-electron chi connectivity index (χ3n) is 4.41. The van der Waals surface area contributed by atoms with Gasteiger partial charge in [0.2, 0.25) is 0 Å². The molecule has 0 bridgehead atoms. The fourth-order valence-corrected chi connectivity index (χ4v) is 3.28. The number of rotatable bonds is 7. The number of hydrogen-bond donors (Lipinski definition) is 1. The fourth-order valence-electron chi connectivity index (χ4n) is 3.28. The van der Waals surface area contributed by atoms with Gasteiger partial charge in [-0.3, -0.25) is 0 Å². The van der Waals surface area contributed by atoms with E-state index in [1.807, 2.05) is 30.3 Å². The van der Waals surface area contributed by atoms with E-state index in [0.29, 0.717) is 12.2 Å². The Balaban J connectivity index is 1.79. The first kappa shape index (κ1) is 20.0. The number of fused-ring (bicyclic) bond motifs is 1. The number of carbonyl (C=O) groups is 1. The van der Waals surface area contributed by atoms with E-state index in [0.717, 1.165) is 5.56 Å². The van der Waals surface area contributed by atoms with Crippen LogP contribution in [-0.4, -0.2) is 54.7 Å². The molecule has 2 heterocycles. The molecule has 2 aliphatic rings. The summed E-state index contributed by atoms with van der Waals surface area (Å²) < 4.78 is 28.7. The fraction of sp³-hybridized carbons (Fsp3) is 0.550. The molecular formula is C20H26O7. The molecule has 7 nitrogen and oxygen atoms in total. The average Bonchev–Trinajstić information content (AvgIpc) is 3.10. The highest BCUT2D eigenvalue weighted by Crippen LogP contribution is 2.40. The SMILES string of the molecule is CCOC(=O)/C=C(/CO)[C@H]1O[C@@H]2OC(C)(C)O[C@@H]2[C@H]1OCc1ccccc1. The van der Waals surface area contributed by atoms with Gasteiger partial charge in [0.05, 0.1) is 19.8 Å². The van der Waals surface area contributed by atoms with Gasteiger partial charge in [0, 0.05) is 6.08 Å². The smallest absolute Gasteiger partial charge is 0.330 e. The van der Waals surface area contributed by atoms with Gasteiger partial charge in [0.15, 0.2) is 12.1 Å². The highest BCUT2D eigenvalue weighted by molar-refractivity contribution is 5.83. The molecule has 0 unspecified atom stereocenters. The van der Waals surface area contributed by atoms with E-state index in [9.17, 15) is 9.90 Å². The summed E-state index contributed by atoms with van der Waals surface area (Å²) in [6.45, 7) is 5.56. The van der Waals surface area contributed by atoms with Gasteiger partial charge in [0.1, 0.15) is 18.3 Å². The lowest BCUT2D eigenvalue weighted by atomic mass is 10.0. The van der Waals surface area contributed by atoms with Crippen molar-refractivity contribution in [1.82, 2.24) is 0 Å². The summed E-state index contributed by atoms with van der Waals surface area (Å²) in [6.07, 6.45) is -1.06. The van der Waals surface area contributed by atoms with E-state index >= 15 is 0 Å². The molecule has 2 aliphatic heterocycles. The average molecular weight is 378 g/mol. The third kappa shape index (κ3) is 4.75. The Hall–Kier alpha value is -1.77. The maximum atomic E-state index is 11.8. The lowest BCUT2D eigenvalue weighted by molar-refractivity contribution is -0.214. The number of benzene rings is 1. The van der Waals surface area contributed by atoms with Gasteiger partial charge >= 0.3 is 5.97 Å². The molecule has 0 saturated carbocycles. The molecule has 2 fully saturated rings. The first-order valence-corrected chi connectivity index (χ1v) is 9.08. The first-order chi connectivity index (χ1) is 12.9. The van der Waals surface area contributed by atoms with Crippen molar-refractivity contribution in [2.45, 2.75) is 57.8 Å². The lowest BCUT2D eigenvalue weighted by Crippen LogP contribution is -2.38. The zero-order valence-corrected chi connectivity index (χ0v) is 15.8. The standard InChI is InChI=1S/C20H26O7/c1-4-23-15(22)10-14(11-21)16-17(24-12-13-8-6-5-7-9-13)18-19(25-16)27-20(2,3)26-18/h5-10,16-19,21H,4,11-12H2,1-3H3/b14-10-/t16-,17+,18-,19-/m1/s1. The molecule has 0 aliphatic carbocycles. The van der Waals surface area contributed by atoms with E-state index in [1.54, 1.807) is 20.8 Å². The van der Waals surface area contributed by atoms with Crippen molar-refractivity contribution >= 4 is 5.97 Å². The molecule has 0 spiro atoms. The molecule has 1 N–H and O–H groups in total. The highest BCUT2D eigenvalue weighted by Gasteiger charge is 2.56. The van der Waals surface area contributed by atoms with Crippen molar-refractivity contribution in [3.8, 4) is 0 Å². The van der Waals surface area contributed by atoms with Crippen LogP contribution < -0.4 is 0 Å². The lowest BCUT2D eigenvalue weighted by Gasteiger charge is -2.27. The van der Waals surface area contributed by atoms with Gasteiger partial charge in [-0.2, -0.15) is 0 Å². The van der Waals surface area contributed by atoms with Gasteiger partial charge in [0.25, 0.3) is 0 Å². The predicted octanol–water partition coefficient (Wildman–Crippen LogP) is 1.93. The Labute approximate surface area is 158 Å². The normalized spacial score (nSPS) is 29.6. The number of hydrogen-bond acceptors (Lipinski definition) is 7. The summed E-state index contributed by atoms with van der Waals surface area (Å²) in [7, 11) is 0. The van der Waals surface area contributed by atoms with E-state index in [2.05, 4.69) is 0 Å². The second-order valence-electron chi connectivity index (χ2n) is 6.92. The van der Waals surface area contributed by atoms with Crippen molar-refractivity contribution in [1.29, 1.82) is 0 Å². The maximum Gasteiger partial charge on any atom is 0.330 e. The molecule has 27 heavy (non-hydrogen) atoms. The van der Waals surface area contributed by atoms with E-state index in [4.69, 9.17) is 23.7 Å². The topological polar surface area (TPSA) is 83.5 Å². The zero-order chi connectivity index (χ0) is 19.4. The molecule has 7 heteroatoms. The van der Waals surface area contributed by atoms with E-state index in [-0.39, 0.29) is 13.2 Å². The van der Waals surface area contributed by atoms with Crippen LogP contribution in [0.4, 0.5) is 0 Å². The second kappa shape index (κ2) is 8.50. The third-order valence-corrected chi connectivity index (χ3v) is 4.41. The molecule has 0 radical (unpaired) electrons. The summed E-state index contributed by atoms with van der Waals surface area (Å²) in [6, 6.07) is 9.72. The monoisotopic (exact) mass is 378 g/mol. The van der Waals surface area contributed by atoms with Crippen LogP contribution in [0.1, 0.15) is 26.3 Å². The quantitative estimate of drug-likeness (QED) is 0.573. The number of ether oxygens (including phenoxy) is 5. The summed E-state index contributed by atoms with van der Waals surface area (Å²) >= 11 is 0. The summed E-state index contributed by atoms with van der Waals surface area (Å²) in [4.78, 5) is 11.8. The van der Waals surface area contributed by atoms with Gasteiger partial charge in [-0.25, -0.2) is 4.79 Å². The molecule has 0 aromatic heterocycles. The Morgan fingerprint density at radius 3 is 2.67 bits per heavy atom. The number of carbonyl (C=O) groups excluding carboxylic acids is 1. The van der Waals surface area contributed by atoms with Crippen molar-refractivity contribution in [3.05, 3.63) is 47.5 Å². The number of aliphatic hydroxyl groups excluding tert-OH is 1. The maximum absolute atomic E-state index is 11.8. The second-order valence-corrected chi connectivity index (χ2v) is 6.92. The molecule has 4 atom stereocenters. The minimum Gasteiger partial charge on any atom is -0.463 e. The minimum atomic E-state index is -0.793. The Bertz CT molecular complexity index is 670. The summed E-state index contributed by atoms with van der Waals surface area (Å²) in [5.41, 5.74) is 1.36. The van der Waals surface area contributed by atoms with Crippen LogP contribution in [0.5, 0.6) is 0 Å². The number of aliphatic hydroxyl groups is 1. The van der Waals surface area contributed by atoms with E-state index in [1.165, 1.54) is 6.08 Å². The molecule has 0 amide bonds. The van der Waals surface area contributed by atoms with Gasteiger partial charge in [-0.05, 0) is 31.9 Å². The van der Waals surface area contributed by atoms with Crippen LogP contribution in [0.25, 0.3) is 0 Å². The van der Waals surface area contributed by atoms with Crippen LogP contribution >= 0.6 is 0 Å².